The summed E-state index contributed by atoms with van der Waals surface area (Å²) in [6, 6.07) is 1.53. The van der Waals surface area contributed by atoms with Crippen LogP contribution in [0.15, 0.2) is 10.6 Å². The SMILES string of the molecule is NCc1nc(-c2cc(Cl)c(C=O)c3c2OCO3)no1. The van der Waals surface area contributed by atoms with Crippen LogP contribution >= 0.6 is 11.6 Å². The largest absolute Gasteiger partial charge is 0.453 e. The Balaban J connectivity index is 2.19. The van der Waals surface area contributed by atoms with Gasteiger partial charge in [-0.2, -0.15) is 4.98 Å². The van der Waals surface area contributed by atoms with Crippen LogP contribution in [0.25, 0.3) is 11.4 Å². The molecule has 19 heavy (non-hydrogen) atoms. The number of carbonyl (C=O) groups excluding carboxylic acids is 1. The van der Waals surface area contributed by atoms with Crippen molar-refractivity contribution in [2.24, 2.45) is 5.73 Å². The van der Waals surface area contributed by atoms with Crippen LogP contribution in [0.2, 0.25) is 5.02 Å². The molecule has 0 spiro atoms. The molecule has 0 saturated heterocycles. The van der Waals surface area contributed by atoms with Crippen molar-refractivity contribution < 1.29 is 18.8 Å². The first-order chi connectivity index (χ1) is 9.24. The molecule has 0 amide bonds. The predicted molar refractivity (Wildman–Crippen MR) is 64.1 cm³/mol. The first-order valence-corrected chi connectivity index (χ1v) is 5.72. The van der Waals surface area contributed by atoms with Gasteiger partial charge in [-0.15, -0.1) is 0 Å². The number of aldehydes is 1. The first-order valence-electron chi connectivity index (χ1n) is 5.35. The Morgan fingerprint density at radius 1 is 1.42 bits per heavy atom. The van der Waals surface area contributed by atoms with E-state index in [-0.39, 0.29) is 35.5 Å². The number of carbonyl (C=O) groups is 1. The molecular formula is C11H8ClN3O4. The molecule has 8 heteroatoms. The van der Waals surface area contributed by atoms with Crippen molar-refractivity contribution >= 4 is 17.9 Å². The van der Waals surface area contributed by atoms with Crippen molar-refractivity contribution in [1.29, 1.82) is 0 Å². The van der Waals surface area contributed by atoms with E-state index in [9.17, 15) is 4.79 Å². The van der Waals surface area contributed by atoms with Crippen LogP contribution in [-0.4, -0.2) is 23.2 Å². The molecule has 1 aromatic carbocycles. The fraction of sp³-hybridized carbons (Fsp3) is 0.182. The summed E-state index contributed by atoms with van der Waals surface area (Å²) in [7, 11) is 0. The van der Waals surface area contributed by atoms with E-state index >= 15 is 0 Å². The highest BCUT2D eigenvalue weighted by atomic mass is 35.5. The van der Waals surface area contributed by atoms with Gasteiger partial charge < -0.3 is 19.7 Å². The van der Waals surface area contributed by atoms with Gasteiger partial charge in [0.2, 0.25) is 18.5 Å². The number of fused-ring (bicyclic) bond motifs is 1. The van der Waals surface area contributed by atoms with E-state index in [1.807, 2.05) is 0 Å². The summed E-state index contributed by atoms with van der Waals surface area (Å²) in [6.07, 6.45) is 0.612. The topological polar surface area (TPSA) is 100 Å². The summed E-state index contributed by atoms with van der Waals surface area (Å²) in [5, 5.41) is 4.01. The van der Waals surface area contributed by atoms with Gasteiger partial charge >= 0.3 is 0 Å². The highest BCUT2D eigenvalue weighted by molar-refractivity contribution is 6.33. The molecule has 7 nitrogen and oxygen atoms in total. The van der Waals surface area contributed by atoms with Gasteiger partial charge in [0, 0.05) is 0 Å². The Hall–Kier alpha value is -2.12. The van der Waals surface area contributed by atoms with Gasteiger partial charge in [0.1, 0.15) is 0 Å². The Kier molecular flexibility index (Phi) is 2.84. The molecule has 1 aromatic heterocycles. The zero-order valence-electron chi connectivity index (χ0n) is 9.55. The second-order valence-electron chi connectivity index (χ2n) is 3.72. The van der Waals surface area contributed by atoms with Crippen LogP contribution in [-0.2, 0) is 6.54 Å². The number of ether oxygens (including phenoxy) is 2. The zero-order chi connectivity index (χ0) is 13.4. The molecule has 0 saturated carbocycles. The Morgan fingerprint density at radius 3 is 2.89 bits per heavy atom. The van der Waals surface area contributed by atoms with Crippen molar-refractivity contribution in [3.8, 4) is 22.9 Å². The normalized spacial score (nSPS) is 12.7. The van der Waals surface area contributed by atoms with Crippen LogP contribution in [0.5, 0.6) is 11.5 Å². The Bertz CT molecular complexity index is 656. The molecular weight excluding hydrogens is 274 g/mol. The summed E-state index contributed by atoms with van der Waals surface area (Å²) in [5.74, 6) is 1.23. The van der Waals surface area contributed by atoms with Crippen LogP contribution in [0, 0.1) is 0 Å². The lowest BCUT2D eigenvalue weighted by Crippen LogP contribution is -1.96. The number of benzene rings is 1. The number of hydrogen-bond acceptors (Lipinski definition) is 7. The molecule has 1 aliphatic rings. The molecule has 3 rings (SSSR count). The number of nitrogens with zero attached hydrogens (tertiary/aromatic N) is 2. The smallest absolute Gasteiger partial charge is 0.240 e. The minimum atomic E-state index is 0.00507. The van der Waals surface area contributed by atoms with Crippen molar-refractivity contribution in [3.63, 3.8) is 0 Å². The van der Waals surface area contributed by atoms with Crippen LogP contribution < -0.4 is 15.2 Å². The summed E-state index contributed by atoms with van der Waals surface area (Å²) >= 11 is 6.03. The van der Waals surface area contributed by atoms with Crippen molar-refractivity contribution in [1.82, 2.24) is 10.1 Å². The summed E-state index contributed by atoms with van der Waals surface area (Å²) in [4.78, 5) is 15.1. The molecule has 0 radical (unpaired) electrons. The van der Waals surface area contributed by atoms with E-state index in [4.69, 9.17) is 31.3 Å². The third-order valence-corrected chi connectivity index (χ3v) is 2.94. The van der Waals surface area contributed by atoms with Crippen molar-refractivity contribution in [2.45, 2.75) is 6.54 Å². The molecule has 2 heterocycles. The minimum Gasteiger partial charge on any atom is -0.453 e. The van der Waals surface area contributed by atoms with E-state index in [1.54, 1.807) is 0 Å². The average molecular weight is 282 g/mol. The highest BCUT2D eigenvalue weighted by Gasteiger charge is 2.27. The zero-order valence-corrected chi connectivity index (χ0v) is 10.3. The standard InChI is InChI=1S/C11H8ClN3O4/c12-7-1-5(11-14-8(2-13)19-15-11)9-10(6(7)3-16)18-4-17-9/h1,3H,2,4,13H2. The van der Waals surface area contributed by atoms with Crippen LogP contribution in [0.1, 0.15) is 16.2 Å². The maximum atomic E-state index is 11.0. The van der Waals surface area contributed by atoms with E-state index in [1.165, 1.54) is 6.07 Å². The molecule has 1 aliphatic heterocycles. The molecule has 0 unspecified atom stereocenters. The van der Waals surface area contributed by atoms with Gasteiger partial charge in [0.15, 0.2) is 17.8 Å². The Morgan fingerprint density at radius 2 is 2.21 bits per heavy atom. The van der Waals surface area contributed by atoms with E-state index in [2.05, 4.69) is 10.1 Å². The third-order valence-electron chi connectivity index (χ3n) is 2.63. The maximum Gasteiger partial charge on any atom is 0.240 e. The first kappa shape index (κ1) is 11.9. The Labute approximate surface area is 112 Å². The lowest BCUT2D eigenvalue weighted by atomic mass is 10.1. The van der Waals surface area contributed by atoms with Gasteiger partial charge in [-0.1, -0.05) is 16.8 Å². The fourth-order valence-electron chi connectivity index (χ4n) is 1.78. The van der Waals surface area contributed by atoms with Gasteiger partial charge in [-0.3, -0.25) is 4.79 Å². The van der Waals surface area contributed by atoms with Gasteiger partial charge in [-0.25, -0.2) is 0 Å². The number of halogens is 1. The lowest BCUT2D eigenvalue weighted by molar-refractivity contribution is 0.111. The van der Waals surface area contributed by atoms with E-state index in [0.717, 1.165) is 0 Å². The van der Waals surface area contributed by atoms with Gasteiger partial charge in [0.25, 0.3) is 0 Å². The second kappa shape index (κ2) is 4.52. The highest BCUT2D eigenvalue weighted by Crippen LogP contribution is 2.45. The van der Waals surface area contributed by atoms with Crippen LogP contribution in [0.4, 0.5) is 0 Å². The number of hydrogen-bond donors (Lipinski definition) is 1. The number of rotatable bonds is 3. The quantitative estimate of drug-likeness (QED) is 0.848. The van der Waals surface area contributed by atoms with Crippen molar-refractivity contribution in [3.05, 3.63) is 22.5 Å². The molecule has 0 bridgehead atoms. The average Bonchev–Trinajstić information content (AvgIpc) is 3.06. The maximum absolute atomic E-state index is 11.0. The molecule has 0 aliphatic carbocycles. The summed E-state index contributed by atoms with van der Waals surface area (Å²) in [5.41, 5.74) is 6.13. The van der Waals surface area contributed by atoms with Gasteiger partial charge in [0.05, 0.1) is 22.7 Å². The molecule has 2 N–H and O–H groups in total. The molecule has 0 atom stereocenters. The van der Waals surface area contributed by atoms with Crippen LogP contribution in [0.3, 0.4) is 0 Å². The second-order valence-corrected chi connectivity index (χ2v) is 4.13. The fourth-order valence-corrected chi connectivity index (χ4v) is 2.02. The number of nitrogens with two attached hydrogens (primary N) is 1. The third kappa shape index (κ3) is 1.83. The van der Waals surface area contributed by atoms with E-state index < -0.39 is 0 Å². The van der Waals surface area contributed by atoms with Gasteiger partial charge in [-0.05, 0) is 6.07 Å². The lowest BCUT2D eigenvalue weighted by Gasteiger charge is -2.05. The van der Waals surface area contributed by atoms with E-state index in [0.29, 0.717) is 23.5 Å². The molecule has 98 valence electrons. The minimum absolute atomic E-state index is 0.00507. The number of aromatic nitrogens is 2. The molecule has 2 aromatic rings. The summed E-state index contributed by atoms with van der Waals surface area (Å²) < 4.78 is 15.5. The molecule has 0 fully saturated rings. The summed E-state index contributed by atoms with van der Waals surface area (Å²) in [6.45, 7) is 0.137. The van der Waals surface area contributed by atoms with Crippen molar-refractivity contribution in [2.75, 3.05) is 6.79 Å². The monoisotopic (exact) mass is 281 g/mol. The predicted octanol–water partition coefficient (Wildman–Crippen LogP) is 1.39.